The van der Waals surface area contributed by atoms with Gasteiger partial charge >= 0.3 is 5.95 Å². The Kier molecular flexibility index (Phi) is 15.6. The molecule has 0 radical (unpaired) electrons. The maximum atomic E-state index is 13.7. The van der Waals surface area contributed by atoms with Crippen LogP contribution in [0.4, 0.5) is 17.5 Å². The Hall–Kier alpha value is -4.86. The van der Waals surface area contributed by atoms with Crippen molar-refractivity contribution in [2.24, 2.45) is 10.2 Å². The second-order valence-electron chi connectivity index (χ2n) is 12.6. The number of pyridine rings is 1. The predicted molar refractivity (Wildman–Crippen MR) is 201 cm³/mol. The van der Waals surface area contributed by atoms with Gasteiger partial charge in [-0.3, -0.25) is 9.59 Å². The van der Waals surface area contributed by atoms with Gasteiger partial charge in [0.1, 0.15) is 35.3 Å². The largest absolute Gasteiger partial charge is 0.431 e. The van der Waals surface area contributed by atoms with Crippen molar-refractivity contribution >= 4 is 29.3 Å². The van der Waals surface area contributed by atoms with E-state index in [1.165, 1.54) is 0 Å². The molecule has 0 aliphatic heterocycles. The molecule has 10 nitrogen and oxygen atoms in total. The first-order valence-corrected chi connectivity index (χ1v) is 18.4. The zero-order valence-electron chi connectivity index (χ0n) is 30.5. The van der Waals surface area contributed by atoms with E-state index < -0.39 is 0 Å². The predicted octanol–water partition coefficient (Wildman–Crippen LogP) is 8.23. The van der Waals surface area contributed by atoms with Crippen LogP contribution in [0, 0.1) is 0 Å². The highest BCUT2D eigenvalue weighted by molar-refractivity contribution is 5.86. The number of para-hydroxylation sites is 2. The number of amides is 2. The lowest BCUT2D eigenvalue weighted by atomic mass is 10.2. The first-order chi connectivity index (χ1) is 24.5. The van der Waals surface area contributed by atoms with Crippen molar-refractivity contribution in [2.75, 3.05) is 44.2 Å². The number of carbonyl (C=O) groups is 2. The Balaban J connectivity index is 1.62. The molecule has 2 amide bonds. The summed E-state index contributed by atoms with van der Waals surface area (Å²) in [6.07, 6.45) is 13.5. The number of carbonyl (C=O) groups excluding carboxylic acids is 2. The third-order valence-corrected chi connectivity index (χ3v) is 8.66. The highest BCUT2D eigenvalue weighted by Gasteiger charge is 2.24. The van der Waals surface area contributed by atoms with Gasteiger partial charge in [-0.2, -0.15) is 9.13 Å². The second-order valence-corrected chi connectivity index (χ2v) is 12.6. The summed E-state index contributed by atoms with van der Waals surface area (Å²) in [7, 11) is 0. The van der Waals surface area contributed by atoms with Crippen molar-refractivity contribution in [1.29, 1.82) is 0 Å². The van der Waals surface area contributed by atoms with Crippen LogP contribution in [-0.4, -0.2) is 70.4 Å². The van der Waals surface area contributed by atoms with Gasteiger partial charge in [-0.05, 0) is 62.1 Å². The van der Waals surface area contributed by atoms with Gasteiger partial charge in [0.25, 0.3) is 0 Å². The maximum Gasteiger partial charge on any atom is 0.431 e. The Morgan fingerprint density at radius 3 is 1.68 bits per heavy atom. The molecular formula is C40H55N8O2+. The summed E-state index contributed by atoms with van der Waals surface area (Å²) in [5.74, 6) is 1.23. The molecular weight excluding hydrogens is 624 g/mol. The van der Waals surface area contributed by atoms with Gasteiger partial charge in [-0.1, -0.05) is 94.9 Å². The van der Waals surface area contributed by atoms with E-state index in [2.05, 4.69) is 32.8 Å². The summed E-state index contributed by atoms with van der Waals surface area (Å²) < 4.78 is 3.98. The van der Waals surface area contributed by atoms with Crippen molar-refractivity contribution in [3.05, 3.63) is 91.4 Å². The van der Waals surface area contributed by atoms with Gasteiger partial charge < -0.3 is 14.7 Å². The normalized spacial score (nSPS) is 11.2. The topological polar surface area (TPSA) is 90.3 Å². The molecule has 0 bridgehead atoms. The average molecular weight is 680 g/mol. The number of hydrogen-bond acceptors (Lipinski definition) is 6. The summed E-state index contributed by atoms with van der Waals surface area (Å²) in [5, 5.41) is 9.28. The van der Waals surface area contributed by atoms with E-state index in [4.69, 9.17) is 10.1 Å². The lowest BCUT2D eigenvalue weighted by Gasteiger charge is -2.30. The molecule has 2 heterocycles. The minimum Gasteiger partial charge on any atom is -0.341 e. The molecule has 4 rings (SSSR count). The number of imidazole rings is 1. The number of aromatic nitrogens is 3. The second kappa shape index (κ2) is 20.6. The zero-order valence-corrected chi connectivity index (χ0v) is 30.5. The van der Waals surface area contributed by atoms with E-state index in [1.807, 2.05) is 109 Å². The third kappa shape index (κ3) is 11.1. The van der Waals surface area contributed by atoms with Gasteiger partial charge in [-0.25, -0.2) is 4.98 Å². The first kappa shape index (κ1) is 38.0. The number of rotatable bonds is 21. The lowest BCUT2D eigenvalue weighted by molar-refractivity contribution is -0.581. The maximum absolute atomic E-state index is 13.7. The fraction of sp³-hybridized carbons (Fsp3) is 0.450. The molecule has 2 aromatic heterocycles. The van der Waals surface area contributed by atoms with E-state index in [0.717, 1.165) is 88.9 Å². The molecule has 50 heavy (non-hydrogen) atoms. The fourth-order valence-corrected chi connectivity index (χ4v) is 5.65. The lowest BCUT2D eigenvalue weighted by Crippen LogP contribution is -2.46. The number of unbranched alkanes of at least 4 members (excludes halogenated alkanes) is 4. The molecule has 4 aromatic rings. The van der Waals surface area contributed by atoms with Crippen LogP contribution in [-0.2, 0) is 9.59 Å². The van der Waals surface area contributed by atoms with Crippen molar-refractivity contribution in [2.45, 2.75) is 79.1 Å². The minimum absolute atomic E-state index is 0.0195. The zero-order chi connectivity index (χ0) is 35.6. The Bertz CT molecular complexity index is 1500. The van der Waals surface area contributed by atoms with Gasteiger partial charge in [0.15, 0.2) is 0 Å². The summed E-state index contributed by atoms with van der Waals surface area (Å²) in [4.78, 5) is 37.9. The van der Waals surface area contributed by atoms with Crippen LogP contribution in [0.3, 0.4) is 0 Å². The molecule has 0 aliphatic rings. The van der Waals surface area contributed by atoms with E-state index in [-0.39, 0.29) is 24.9 Å². The summed E-state index contributed by atoms with van der Waals surface area (Å²) in [6, 6.07) is 23.7. The van der Waals surface area contributed by atoms with Gasteiger partial charge in [0.05, 0.1) is 19.3 Å². The molecule has 2 aromatic carbocycles. The van der Waals surface area contributed by atoms with Crippen LogP contribution in [0.1, 0.15) is 79.1 Å². The van der Waals surface area contributed by atoms with Crippen molar-refractivity contribution in [1.82, 2.24) is 19.4 Å². The van der Waals surface area contributed by atoms with Crippen LogP contribution in [0.25, 0.3) is 11.4 Å². The third-order valence-electron chi connectivity index (χ3n) is 8.66. The Morgan fingerprint density at radius 2 is 1.20 bits per heavy atom. The molecule has 0 unspecified atom stereocenters. The van der Waals surface area contributed by atoms with Gasteiger partial charge in [0.2, 0.25) is 11.8 Å². The van der Waals surface area contributed by atoms with Crippen molar-refractivity contribution < 1.29 is 14.2 Å². The van der Waals surface area contributed by atoms with Crippen molar-refractivity contribution in [3.63, 3.8) is 0 Å². The van der Waals surface area contributed by atoms with Crippen LogP contribution in [0.2, 0.25) is 0 Å². The van der Waals surface area contributed by atoms with Gasteiger partial charge in [0, 0.05) is 31.3 Å². The molecule has 0 N–H and O–H groups in total. The highest BCUT2D eigenvalue weighted by Crippen LogP contribution is 2.23. The molecule has 10 heteroatoms. The molecule has 0 spiro atoms. The fourth-order valence-electron chi connectivity index (χ4n) is 5.65. The minimum atomic E-state index is 0.0195. The Labute approximate surface area is 298 Å². The average Bonchev–Trinajstić information content (AvgIpc) is 3.58. The molecule has 0 fully saturated rings. The smallest absolute Gasteiger partial charge is 0.341 e. The molecule has 266 valence electrons. The summed E-state index contributed by atoms with van der Waals surface area (Å²) >= 11 is 0. The number of azo groups is 1. The number of hydrogen-bond donors (Lipinski definition) is 0. The highest BCUT2D eigenvalue weighted by atomic mass is 16.2. The molecule has 0 atom stereocenters. The SMILES string of the molecule is CCCCN(CCCC)C(=O)CN(CC(=O)N(CCCC)CCCC)c1ccc(N=Nc2n(-c3ccccc3)cc[n+]2-c2ccccc2)cn1. The van der Waals surface area contributed by atoms with E-state index in [1.54, 1.807) is 6.20 Å². The van der Waals surface area contributed by atoms with Crippen LogP contribution >= 0.6 is 0 Å². The molecule has 0 saturated carbocycles. The molecule has 0 aliphatic carbocycles. The summed E-state index contributed by atoms with van der Waals surface area (Å²) in [5.41, 5.74) is 2.49. The van der Waals surface area contributed by atoms with Gasteiger partial charge in [-0.15, -0.1) is 0 Å². The van der Waals surface area contributed by atoms with E-state index in [9.17, 15) is 9.59 Å². The van der Waals surface area contributed by atoms with E-state index >= 15 is 0 Å². The first-order valence-electron chi connectivity index (χ1n) is 18.4. The van der Waals surface area contributed by atoms with Crippen LogP contribution in [0.15, 0.2) is 102 Å². The number of benzene rings is 2. The monoisotopic (exact) mass is 679 g/mol. The van der Waals surface area contributed by atoms with Crippen LogP contribution in [0.5, 0.6) is 0 Å². The standard InChI is InChI=1S/C40H55N8O2/c1-5-9-25-44(26-10-6-2)38(49)32-46(33-39(50)45(27-11-7-3)28-12-8-4)37-24-23-34(31-41-37)42-43-40-47(35-19-15-13-16-20-35)29-30-48(40)36-21-17-14-18-22-36/h13-24,29-31H,5-12,25-28,32-33H2,1-4H3/q+1. The number of nitrogens with zero attached hydrogens (tertiary/aromatic N) is 8. The number of anilines is 1. The Morgan fingerprint density at radius 1 is 0.680 bits per heavy atom. The van der Waals surface area contributed by atoms with Crippen LogP contribution < -0.4 is 9.47 Å². The summed E-state index contributed by atoms with van der Waals surface area (Å²) in [6.45, 7) is 11.6. The van der Waals surface area contributed by atoms with Crippen molar-refractivity contribution in [3.8, 4) is 11.4 Å². The van der Waals surface area contributed by atoms with E-state index in [0.29, 0.717) is 17.5 Å². The molecule has 0 saturated heterocycles. The quantitative estimate of drug-likeness (QED) is 0.0656.